The van der Waals surface area contributed by atoms with Crippen LogP contribution < -0.4 is 5.32 Å². The molecule has 0 aromatic heterocycles. The van der Waals surface area contributed by atoms with Gasteiger partial charge in [-0.05, 0) is 30.9 Å². The number of hydrogen-bond donors (Lipinski definition) is 2. The molecule has 0 radical (unpaired) electrons. The van der Waals surface area contributed by atoms with Crippen molar-refractivity contribution in [3.63, 3.8) is 0 Å². The second-order valence-electron chi connectivity index (χ2n) is 8.86. The molecule has 27 heavy (non-hydrogen) atoms. The highest BCUT2D eigenvalue weighted by Gasteiger charge is 2.77. The maximum Gasteiger partial charge on any atom is 0.150 e. The molecule has 3 aliphatic heterocycles. The van der Waals surface area contributed by atoms with Crippen LogP contribution in [0.25, 0.3) is 0 Å². The highest BCUT2D eigenvalue weighted by Crippen LogP contribution is 2.65. The molecule has 2 N–H and O–H groups in total. The first-order chi connectivity index (χ1) is 13.2. The van der Waals surface area contributed by atoms with Crippen molar-refractivity contribution in [1.82, 2.24) is 10.2 Å². The van der Waals surface area contributed by atoms with Gasteiger partial charge in [-0.1, -0.05) is 56.2 Å². The van der Waals surface area contributed by atoms with Crippen molar-refractivity contribution in [3.05, 3.63) is 47.5 Å². The standard InChI is InChI=1S/C23H30N2O2/c1-2-24-13-19-18-11-12-20-23(19,27)25(20)22(18)21(16-5-3-4-6-16)17-9-7-15(14-26)8-10-17/h7-12,14,16,18-22,24,27H,2-6,13H2,1H3. The molecule has 5 aliphatic rings. The van der Waals surface area contributed by atoms with Crippen molar-refractivity contribution in [1.29, 1.82) is 0 Å². The Morgan fingerprint density at radius 3 is 2.67 bits per heavy atom. The van der Waals surface area contributed by atoms with Crippen molar-refractivity contribution in [3.8, 4) is 0 Å². The van der Waals surface area contributed by atoms with Crippen LogP contribution in [0, 0.1) is 17.8 Å². The second-order valence-corrected chi connectivity index (χ2v) is 8.86. The molecule has 3 heterocycles. The third kappa shape index (κ3) is 2.50. The lowest BCUT2D eigenvalue weighted by Crippen LogP contribution is -2.44. The van der Waals surface area contributed by atoms with E-state index in [0.717, 1.165) is 24.9 Å². The molecule has 1 aromatic rings. The van der Waals surface area contributed by atoms with E-state index in [-0.39, 0.29) is 12.0 Å². The fraction of sp³-hybridized carbons (Fsp3) is 0.609. The molecule has 3 fully saturated rings. The van der Waals surface area contributed by atoms with Gasteiger partial charge in [0.2, 0.25) is 0 Å². The smallest absolute Gasteiger partial charge is 0.150 e. The number of rotatable bonds is 7. The Hall–Kier alpha value is -1.49. The summed E-state index contributed by atoms with van der Waals surface area (Å²) in [6, 6.07) is 8.79. The van der Waals surface area contributed by atoms with E-state index >= 15 is 0 Å². The first kappa shape index (κ1) is 17.6. The molecule has 7 atom stereocenters. The SMILES string of the molecule is CCNCC1C2C=CC3N(C2C(c2ccc(C=O)cc2)C2CCCC2)C13O. The zero-order valence-corrected chi connectivity index (χ0v) is 16.1. The van der Waals surface area contributed by atoms with Crippen molar-refractivity contribution >= 4 is 6.29 Å². The number of aldehydes is 1. The summed E-state index contributed by atoms with van der Waals surface area (Å²) in [5, 5.41) is 14.9. The topological polar surface area (TPSA) is 52.3 Å². The molecule has 0 amide bonds. The van der Waals surface area contributed by atoms with Crippen LogP contribution in [0.4, 0.5) is 0 Å². The van der Waals surface area contributed by atoms with Gasteiger partial charge in [0.15, 0.2) is 0 Å². The highest BCUT2D eigenvalue weighted by atomic mass is 16.3. The van der Waals surface area contributed by atoms with Crippen LogP contribution in [-0.4, -0.2) is 47.2 Å². The van der Waals surface area contributed by atoms with Gasteiger partial charge in [0.1, 0.15) is 12.0 Å². The van der Waals surface area contributed by atoms with Gasteiger partial charge < -0.3 is 10.4 Å². The first-order valence-corrected chi connectivity index (χ1v) is 10.6. The average molecular weight is 367 g/mol. The van der Waals surface area contributed by atoms with Gasteiger partial charge >= 0.3 is 0 Å². The maximum atomic E-state index is 11.4. The Morgan fingerprint density at radius 2 is 2.00 bits per heavy atom. The minimum atomic E-state index is -0.647. The lowest BCUT2D eigenvalue weighted by molar-refractivity contribution is 0.0523. The van der Waals surface area contributed by atoms with E-state index in [1.54, 1.807) is 0 Å². The number of aliphatic hydroxyl groups is 1. The summed E-state index contributed by atoms with van der Waals surface area (Å²) in [4.78, 5) is 13.5. The predicted octanol–water partition coefficient (Wildman–Crippen LogP) is 2.94. The number of nitrogens with one attached hydrogen (secondary N) is 1. The molecule has 2 aliphatic carbocycles. The quantitative estimate of drug-likeness (QED) is 0.443. The first-order valence-electron chi connectivity index (χ1n) is 10.6. The van der Waals surface area contributed by atoms with Crippen LogP contribution >= 0.6 is 0 Å². The minimum absolute atomic E-state index is 0.189. The van der Waals surface area contributed by atoms with Crippen molar-refractivity contribution in [2.45, 2.75) is 56.3 Å². The molecule has 1 aromatic carbocycles. The number of nitrogens with zero attached hydrogens (tertiary/aromatic N) is 1. The second kappa shape index (κ2) is 6.54. The third-order valence-corrected chi connectivity index (χ3v) is 7.67. The van der Waals surface area contributed by atoms with Crippen LogP contribution in [-0.2, 0) is 0 Å². The highest BCUT2D eigenvalue weighted by molar-refractivity contribution is 5.74. The van der Waals surface area contributed by atoms with E-state index in [4.69, 9.17) is 0 Å². The molecule has 4 heteroatoms. The number of carbonyl (C=O) groups excluding carboxylic acids is 1. The van der Waals surface area contributed by atoms with E-state index in [9.17, 15) is 9.90 Å². The van der Waals surface area contributed by atoms with Gasteiger partial charge in [-0.15, -0.1) is 0 Å². The predicted molar refractivity (Wildman–Crippen MR) is 106 cm³/mol. The summed E-state index contributed by atoms with van der Waals surface area (Å²) in [7, 11) is 0. The zero-order chi connectivity index (χ0) is 18.6. The Morgan fingerprint density at radius 1 is 1.26 bits per heavy atom. The summed E-state index contributed by atoms with van der Waals surface area (Å²) in [5.41, 5.74) is 1.44. The lowest BCUT2D eigenvalue weighted by Gasteiger charge is -2.39. The Kier molecular flexibility index (Phi) is 4.26. The number of piperidine rings is 1. The summed E-state index contributed by atoms with van der Waals surface area (Å²) < 4.78 is 0. The third-order valence-electron chi connectivity index (χ3n) is 7.67. The molecule has 6 rings (SSSR count). The van der Waals surface area contributed by atoms with E-state index in [0.29, 0.717) is 23.8 Å². The van der Waals surface area contributed by atoms with E-state index in [1.165, 1.54) is 31.2 Å². The van der Waals surface area contributed by atoms with Gasteiger partial charge in [-0.25, -0.2) is 0 Å². The molecule has 2 saturated heterocycles. The molecule has 144 valence electrons. The van der Waals surface area contributed by atoms with Crippen molar-refractivity contribution in [2.75, 3.05) is 13.1 Å². The summed E-state index contributed by atoms with van der Waals surface area (Å²) in [5.74, 6) is 1.78. The van der Waals surface area contributed by atoms with Gasteiger partial charge in [0, 0.05) is 35.9 Å². The molecule has 4 nitrogen and oxygen atoms in total. The van der Waals surface area contributed by atoms with Gasteiger partial charge in [0.25, 0.3) is 0 Å². The summed E-state index contributed by atoms with van der Waals surface area (Å²) in [6.45, 7) is 3.95. The fourth-order valence-corrected chi connectivity index (χ4v) is 6.46. The number of hydrogen-bond acceptors (Lipinski definition) is 4. The molecular formula is C23H30N2O2. The maximum absolute atomic E-state index is 11.4. The summed E-state index contributed by atoms with van der Waals surface area (Å²) >= 11 is 0. The minimum Gasteiger partial charge on any atom is -0.373 e. The van der Waals surface area contributed by atoms with Gasteiger partial charge in [-0.3, -0.25) is 9.69 Å². The molecule has 1 saturated carbocycles. The van der Waals surface area contributed by atoms with Crippen molar-refractivity contribution in [2.24, 2.45) is 17.8 Å². The molecule has 4 bridgehead atoms. The molecule has 7 unspecified atom stereocenters. The van der Waals surface area contributed by atoms with E-state index in [2.05, 4.69) is 41.4 Å². The Balaban J connectivity index is 1.51. The van der Waals surface area contributed by atoms with Gasteiger partial charge in [-0.2, -0.15) is 0 Å². The van der Waals surface area contributed by atoms with Crippen LogP contribution in [0.15, 0.2) is 36.4 Å². The lowest BCUT2D eigenvalue weighted by atomic mass is 9.69. The largest absolute Gasteiger partial charge is 0.373 e. The van der Waals surface area contributed by atoms with Gasteiger partial charge in [0.05, 0.1) is 6.04 Å². The van der Waals surface area contributed by atoms with Crippen LogP contribution in [0.1, 0.15) is 54.4 Å². The van der Waals surface area contributed by atoms with Crippen LogP contribution in [0.2, 0.25) is 0 Å². The molecule has 0 spiro atoms. The van der Waals surface area contributed by atoms with Crippen molar-refractivity contribution < 1.29 is 9.90 Å². The molecular weight excluding hydrogens is 336 g/mol. The Bertz CT molecular complexity index is 739. The number of carbonyl (C=O) groups is 1. The van der Waals surface area contributed by atoms with E-state index in [1.807, 2.05) is 12.1 Å². The monoisotopic (exact) mass is 366 g/mol. The zero-order valence-electron chi connectivity index (χ0n) is 16.1. The number of benzene rings is 1. The summed E-state index contributed by atoms with van der Waals surface area (Å²) in [6.07, 6.45) is 10.7. The van der Waals surface area contributed by atoms with E-state index < -0.39 is 5.72 Å². The van der Waals surface area contributed by atoms with Crippen LogP contribution in [0.5, 0.6) is 0 Å². The fourth-order valence-electron chi connectivity index (χ4n) is 6.46. The Labute approximate surface area is 161 Å². The van der Waals surface area contributed by atoms with Crippen LogP contribution in [0.3, 0.4) is 0 Å². The normalized spacial score (nSPS) is 40.3. The average Bonchev–Trinajstić information content (AvgIpc) is 3.00.